The van der Waals surface area contributed by atoms with Gasteiger partial charge in [-0.15, -0.1) is 0 Å². The number of aryl methyl sites for hydroxylation is 1. The van der Waals surface area contributed by atoms with E-state index in [0.717, 1.165) is 0 Å². The summed E-state index contributed by atoms with van der Waals surface area (Å²) in [6.07, 6.45) is 2.71. The molecule has 2 aliphatic heterocycles. The monoisotopic (exact) mass is 294 g/mol. The highest BCUT2D eigenvalue weighted by Crippen LogP contribution is 2.37. The summed E-state index contributed by atoms with van der Waals surface area (Å²) in [5, 5.41) is 3.43. The molecule has 0 saturated carbocycles. The van der Waals surface area contributed by atoms with Gasteiger partial charge in [0.2, 0.25) is 0 Å². The van der Waals surface area contributed by atoms with Crippen molar-refractivity contribution in [2.75, 3.05) is 31.1 Å². The molecule has 2 nitrogen and oxygen atoms in total. The molecule has 1 aromatic carbocycles. The van der Waals surface area contributed by atoms with E-state index < -0.39 is 0 Å². The van der Waals surface area contributed by atoms with Crippen LogP contribution < -0.4 is 10.2 Å². The van der Waals surface area contributed by atoms with E-state index in [-0.39, 0.29) is 0 Å². The second-order valence-corrected chi connectivity index (χ2v) is 6.44. The number of nitrogens with zero attached hydrogens (tertiary/aromatic N) is 1. The van der Waals surface area contributed by atoms with E-state index in [4.69, 9.17) is 0 Å². The molecule has 0 aliphatic carbocycles. The lowest BCUT2D eigenvalue weighted by molar-refractivity contribution is 0.138. The molecule has 2 saturated heterocycles. The first-order valence-corrected chi connectivity index (χ1v) is 7.20. The lowest BCUT2D eigenvalue weighted by Crippen LogP contribution is -2.61. The van der Waals surface area contributed by atoms with Crippen molar-refractivity contribution in [1.29, 1.82) is 0 Å². The molecule has 0 unspecified atom stereocenters. The number of hydrogen-bond acceptors (Lipinski definition) is 2. The number of nitrogens with one attached hydrogen (secondary N) is 1. The average Bonchev–Trinajstić information content (AvgIpc) is 2.27. The molecule has 1 aromatic rings. The summed E-state index contributed by atoms with van der Waals surface area (Å²) < 4.78 is 1.24. The normalized spacial score (nSPS) is 22.6. The molecular weight excluding hydrogens is 276 g/mol. The van der Waals surface area contributed by atoms with Crippen LogP contribution in [0.15, 0.2) is 22.7 Å². The van der Waals surface area contributed by atoms with Gasteiger partial charge in [0.15, 0.2) is 0 Å². The van der Waals surface area contributed by atoms with Crippen LogP contribution in [0.2, 0.25) is 0 Å². The summed E-state index contributed by atoms with van der Waals surface area (Å²) in [6, 6.07) is 6.68. The van der Waals surface area contributed by atoms with E-state index in [1.54, 1.807) is 0 Å². The van der Waals surface area contributed by atoms with Crippen molar-refractivity contribution < 1.29 is 0 Å². The van der Waals surface area contributed by atoms with Crippen molar-refractivity contribution in [2.24, 2.45) is 5.41 Å². The Kier molecular flexibility index (Phi) is 2.91. The third-order valence-electron chi connectivity index (χ3n) is 4.11. The van der Waals surface area contributed by atoms with Crippen LogP contribution in [0.25, 0.3) is 0 Å². The topological polar surface area (TPSA) is 15.3 Å². The summed E-state index contributed by atoms with van der Waals surface area (Å²) >= 11 is 3.70. The van der Waals surface area contributed by atoms with Gasteiger partial charge in [-0.3, -0.25) is 0 Å². The number of anilines is 1. The van der Waals surface area contributed by atoms with Gasteiger partial charge in [-0.25, -0.2) is 0 Å². The first kappa shape index (κ1) is 11.5. The predicted octanol–water partition coefficient (Wildman–Crippen LogP) is 2.95. The zero-order chi connectivity index (χ0) is 11.9. The van der Waals surface area contributed by atoms with Gasteiger partial charge in [0, 0.05) is 36.1 Å². The van der Waals surface area contributed by atoms with E-state index in [1.807, 2.05) is 0 Å². The van der Waals surface area contributed by atoms with Crippen LogP contribution >= 0.6 is 15.9 Å². The van der Waals surface area contributed by atoms with Gasteiger partial charge in [-0.1, -0.05) is 6.07 Å². The standard InChI is InChI=1S/C14H19BrN2/c1-11-3-4-13(12(15)7-11)17-6-2-5-14(10-17)8-16-9-14/h3-4,7,16H,2,5-6,8-10H2,1H3. The van der Waals surface area contributed by atoms with Gasteiger partial charge in [0.1, 0.15) is 0 Å². The molecule has 2 fully saturated rings. The van der Waals surface area contributed by atoms with E-state index in [2.05, 4.69) is 51.3 Å². The molecule has 3 rings (SSSR count). The third-order valence-corrected chi connectivity index (χ3v) is 4.74. The van der Waals surface area contributed by atoms with E-state index in [9.17, 15) is 0 Å². The summed E-state index contributed by atoms with van der Waals surface area (Å²) in [5.74, 6) is 0. The predicted molar refractivity (Wildman–Crippen MR) is 75.6 cm³/mol. The van der Waals surface area contributed by atoms with Crippen molar-refractivity contribution in [3.8, 4) is 0 Å². The summed E-state index contributed by atoms with van der Waals surface area (Å²) in [4.78, 5) is 2.55. The van der Waals surface area contributed by atoms with Gasteiger partial charge < -0.3 is 10.2 Å². The third kappa shape index (κ3) is 2.11. The number of halogens is 1. The molecule has 0 atom stereocenters. The van der Waals surface area contributed by atoms with Crippen LogP contribution in [0, 0.1) is 12.3 Å². The number of piperidine rings is 1. The van der Waals surface area contributed by atoms with Crippen LogP contribution in [-0.4, -0.2) is 26.2 Å². The van der Waals surface area contributed by atoms with Crippen LogP contribution in [-0.2, 0) is 0 Å². The van der Waals surface area contributed by atoms with Crippen LogP contribution in [0.4, 0.5) is 5.69 Å². The first-order valence-electron chi connectivity index (χ1n) is 6.40. The zero-order valence-corrected chi connectivity index (χ0v) is 11.9. The second-order valence-electron chi connectivity index (χ2n) is 5.58. The van der Waals surface area contributed by atoms with E-state index >= 15 is 0 Å². The molecule has 1 N–H and O–H groups in total. The van der Waals surface area contributed by atoms with Gasteiger partial charge in [-0.05, 0) is 53.4 Å². The molecule has 0 bridgehead atoms. The zero-order valence-electron chi connectivity index (χ0n) is 10.3. The maximum absolute atomic E-state index is 3.70. The number of hydrogen-bond donors (Lipinski definition) is 1. The van der Waals surface area contributed by atoms with Crippen molar-refractivity contribution >= 4 is 21.6 Å². The molecule has 2 aliphatic rings. The number of benzene rings is 1. The maximum Gasteiger partial charge on any atom is 0.0511 e. The Morgan fingerprint density at radius 2 is 2.18 bits per heavy atom. The molecule has 92 valence electrons. The Morgan fingerprint density at radius 3 is 2.82 bits per heavy atom. The van der Waals surface area contributed by atoms with Gasteiger partial charge in [0.05, 0.1) is 5.69 Å². The fourth-order valence-corrected chi connectivity index (χ4v) is 3.79. The highest BCUT2D eigenvalue weighted by molar-refractivity contribution is 9.10. The minimum absolute atomic E-state index is 0.558. The maximum atomic E-state index is 3.70. The molecule has 0 radical (unpaired) electrons. The largest absolute Gasteiger partial charge is 0.370 e. The molecule has 0 aromatic heterocycles. The van der Waals surface area contributed by atoms with Crippen LogP contribution in [0.3, 0.4) is 0 Å². The fourth-order valence-electron chi connectivity index (χ4n) is 3.05. The number of rotatable bonds is 1. The second kappa shape index (κ2) is 4.29. The van der Waals surface area contributed by atoms with Gasteiger partial charge >= 0.3 is 0 Å². The molecule has 17 heavy (non-hydrogen) atoms. The molecule has 0 amide bonds. The Morgan fingerprint density at radius 1 is 1.35 bits per heavy atom. The Balaban J connectivity index is 1.83. The molecular formula is C14H19BrN2. The summed E-state index contributed by atoms with van der Waals surface area (Å²) in [5.41, 5.74) is 3.24. The Hall–Kier alpha value is -0.540. The van der Waals surface area contributed by atoms with Crippen molar-refractivity contribution in [3.05, 3.63) is 28.2 Å². The minimum atomic E-state index is 0.558. The molecule has 1 spiro atoms. The lowest BCUT2D eigenvalue weighted by atomic mass is 9.75. The Bertz CT molecular complexity index is 426. The quantitative estimate of drug-likeness (QED) is 0.857. The summed E-state index contributed by atoms with van der Waals surface area (Å²) in [7, 11) is 0. The first-order chi connectivity index (χ1) is 8.19. The van der Waals surface area contributed by atoms with Crippen LogP contribution in [0.1, 0.15) is 18.4 Å². The molecule has 3 heteroatoms. The lowest BCUT2D eigenvalue weighted by Gasteiger charge is -2.50. The summed E-state index contributed by atoms with van der Waals surface area (Å²) in [6.45, 7) is 6.95. The highest BCUT2D eigenvalue weighted by atomic mass is 79.9. The minimum Gasteiger partial charge on any atom is -0.370 e. The molecule has 2 heterocycles. The van der Waals surface area contributed by atoms with Gasteiger partial charge in [-0.2, -0.15) is 0 Å². The average molecular weight is 295 g/mol. The van der Waals surface area contributed by atoms with Gasteiger partial charge in [0.25, 0.3) is 0 Å². The smallest absolute Gasteiger partial charge is 0.0511 e. The van der Waals surface area contributed by atoms with Crippen LogP contribution in [0.5, 0.6) is 0 Å². The van der Waals surface area contributed by atoms with Crippen molar-refractivity contribution in [1.82, 2.24) is 5.32 Å². The van der Waals surface area contributed by atoms with E-state index in [0.29, 0.717) is 5.41 Å². The van der Waals surface area contributed by atoms with Crippen molar-refractivity contribution in [2.45, 2.75) is 19.8 Å². The SMILES string of the molecule is Cc1ccc(N2CCCC3(CNC3)C2)c(Br)c1. The fraction of sp³-hybridized carbons (Fsp3) is 0.571. The van der Waals surface area contributed by atoms with E-state index in [1.165, 1.54) is 54.7 Å². The van der Waals surface area contributed by atoms with Crippen molar-refractivity contribution in [3.63, 3.8) is 0 Å². The highest BCUT2D eigenvalue weighted by Gasteiger charge is 2.40. The Labute approximate surface area is 112 Å².